The second-order valence-corrected chi connectivity index (χ2v) is 6.34. The maximum atomic E-state index is 13.1. The summed E-state index contributed by atoms with van der Waals surface area (Å²) in [5.74, 6) is -3.20. The number of hydrogen-bond acceptors (Lipinski definition) is 7. The van der Waals surface area contributed by atoms with Gasteiger partial charge in [-0.25, -0.2) is 4.90 Å². The maximum absolute atomic E-state index is 13.1. The zero-order valence-corrected chi connectivity index (χ0v) is 16.7. The highest BCUT2D eigenvalue weighted by molar-refractivity contribution is 6.61. The number of hydrogen-bond donors (Lipinski definition) is 3. The fourth-order valence-electron chi connectivity index (χ4n) is 2.90. The Morgan fingerprint density at radius 3 is 2.03 bits per heavy atom. The molecule has 11 heteroatoms. The van der Waals surface area contributed by atoms with Crippen LogP contribution in [0.3, 0.4) is 0 Å². The van der Waals surface area contributed by atoms with Crippen LogP contribution in [-0.2, 0) is 14.4 Å². The molecule has 160 valence electrons. The van der Waals surface area contributed by atoms with E-state index in [9.17, 15) is 14.4 Å². The monoisotopic (exact) mass is 424 g/mol. The molecule has 3 rings (SSSR count). The molecule has 1 unspecified atom stereocenters. The van der Waals surface area contributed by atoms with E-state index in [1.807, 2.05) is 0 Å². The fourth-order valence-corrected chi connectivity index (χ4v) is 2.90. The number of nitrogens with one attached hydrogen (secondary N) is 1. The van der Waals surface area contributed by atoms with E-state index in [1.165, 1.54) is 26.4 Å². The zero-order chi connectivity index (χ0) is 22.5. The van der Waals surface area contributed by atoms with Gasteiger partial charge in [0.2, 0.25) is 11.9 Å². The van der Waals surface area contributed by atoms with E-state index in [1.54, 1.807) is 36.4 Å². The zero-order valence-electron chi connectivity index (χ0n) is 16.7. The lowest BCUT2D eigenvalue weighted by atomic mass is 10.0. The molecule has 0 radical (unpaired) electrons. The molecule has 3 amide bonds. The molecular formula is C20H20N6O5. The number of carbonyl (C=O) groups is 3. The van der Waals surface area contributed by atoms with Crippen LogP contribution >= 0.6 is 0 Å². The Bertz CT molecular complexity index is 1060. The molecule has 1 atom stereocenters. The van der Waals surface area contributed by atoms with E-state index >= 15 is 0 Å². The minimum absolute atomic E-state index is 0.243. The van der Waals surface area contributed by atoms with Crippen molar-refractivity contribution in [2.24, 2.45) is 27.6 Å². The van der Waals surface area contributed by atoms with Gasteiger partial charge >= 0.3 is 0 Å². The van der Waals surface area contributed by atoms with Crippen LogP contribution in [0.4, 0.5) is 11.4 Å². The standard InChI is InChI=1S/C20H20N6O5/c1-30-13-7-3-11(4-8-13)23-17(27)15-16(24-25-20(21)22)19(29)26(18(15)28)12-5-9-14(31-2)10-6-12/h3-10,15H,1-2H3,(H,23,27)(H4,21,22,25)/b24-16+. The van der Waals surface area contributed by atoms with Crippen molar-refractivity contribution in [2.75, 3.05) is 24.4 Å². The Labute approximate surface area is 177 Å². The molecule has 5 N–H and O–H groups in total. The van der Waals surface area contributed by atoms with E-state index < -0.39 is 35.3 Å². The first-order chi connectivity index (χ1) is 14.8. The number of rotatable bonds is 6. The molecule has 0 spiro atoms. The van der Waals surface area contributed by atoms with Crippen LogP contribution in [0.15, 0.2) is 58.7 Å². The molecule has 0 bridgehead atoms. The molecule has 1 fully saturated rings. The quantitative estimate of drug-likeness (QED) is 0.199. The summed E-state index contributed by atoms with van der Waals surface area (Å²) in [6.07, 6.45) is 0. The first-order valence-corrected chi connectivity index (χ1v) is 8.99. The Kier molecular flexibility index (Phi) is 6.15. The van der Waals surface area contributed by atoms with E-state index in [2.05, 4.69) is 15.5 Å². The molecule has 0 aromatic heterocycles. The number of guanidine groups is 1. The number of imide groups is 1. The van der Waals surface area contributed by atoms with Crippen molar-refractivity contribution in [1.82, 2.24) is 0 Å². The van der Waals surface area contributed by atoms with Gasteiger partial charge in [0, 0.05) is 5.69 Å². The normalized spacial score (nSPS) is 16.9. The van der Waals surface area contributed by atoms with Crippen LogP contribution < -0.4 is 31.2 Å². The average Bonchev–Trinajstić information content (AvgIpc) is 3.02. The molecule has 31 heavy (non-hydrogen) atoms. The summed E-state index contributed by atoms with van der Waals surface area (Å²) in [5, 5.41) is 9.71. The molecular weight excluding hydrogens is 404 g/mol. The van der Waals surface area contributed by atoms with Gasteiger partial charge in [0.25, 0.3) is 11.8 Å². The smallest absolute Gasteiger partial charge is 0.282 e. The Balaban J connectivity index is 1.95. The van der Waals surface area contributed by atoms with Crippen molar-refractivity contribution in [3.8, 4) is 11.5 Å². The average molecular weight is 424 g/mol. The third-order valence-electron chi connectivity index (χ3n) is 4.39. The molecule has 2 aromatic carbocycles. The van der Waals surface area contributed by atoms with Crippen molar-refractivity contribution >= 4 is 40.8 Å². The summed E-state index contributed by atoms with van der Waals surface area (Å²) in [5.41, 5.74) is 10.8. The molecule has 0 aliphatic carbocycles. The second-order valence-electron chi connectivity index (χ2n) is 6.34. The Morgan fingerprint density at radius 1 is 0.968 bits per heavy atom. The molecule has 2 aromatic rings. The van der Waals surface area contributed by atoms with Gasteiger partial charge in [-0.05, 0) is 48.5 Å². The summed E-state index contributed by atoms with van der Waals surface area (Å²) in [6.45, 7) is 0. The summed E-state index contributed by atoms with van der Waals surface area (Å²) in [6, 6.07) is 12.6. The molecule has 11 nitrogen and oxygen atoms in total. The van der Waals surface area contributed by atoms with Crippen LogP contribution in [0.2, 0.25) is 0 Å². The lowest BCUT2D eigenvalue weighted by Crippen LogP contribution is -2.34. The van der Waals surface area contributed by atoms with Crippen molar-refractivity contribution < 1.29 is 23.9 Å². The molecule has 1 heterocycles. The third kappa shape index (κ3) is 4.45. The highest BCUT2D eigenvalue weighted by Crippen LogP contribution is 2.28. The number of methoxy groups -OCH3 is 2. The van der Waals surface area contributed by atoms with Gasteiger partial charge < -0.3 is 26.3 Å². The van der Waals surface area contributed by atoms with Crippen LogP contribution in [0.25, 0.3) is 0 Å². The van der Waals surface area contributed by atoms with Gasteiger partial charge in [-0.2, -0.15) is 0 Å². The minimum Gasteiger partial charge on any atom is -0.497 e. The van der Waals surface area contributed by atoms with E-state index in [0.29, 0.717) is 17.2 Å². The number of nitrogens with zero attached hydrogens (tertiary/aromatic N) is 3. The summed E-state index contributed by atoms with van der Waals surface area (Å²) in [4.78, 5) is 39.7. The van der Waals surface area contributed by atoms with E-state index in [0.717, 1.165) is 4.90 Å². The summed E-state index contributed by atoms with van der Waals surface area (Å²) in [7, 11) is 3.00. The number of anilines is 2. The second kappa shape index (κ2) is 8.95. The topological polar surface area (TPSA) is 162 Å². The van der Waals surface area contributed by atoms with Gasteiger partial charge in [0.1, 0.15) is 11.5 Å². The first kappa shape index (κ1) is 21.3. The number of benzene rings is 2. The van der Waals surface area contributed by atoms with Crippen LogP contribution in [-0.4, -0.2) is 43.6 Å². The lowest BCUT2D eigenvalue weighted by molar-refractivity contribution is -0.127. The van der Waals surface area contributed by atoms with Crippen molar-refractivity contribution in [3.63, 3.8) is 0 Å². The predicted molar refractivity (Wildman–Crippen MR) is 114 cm³/mol. The summed E-state index contributed by atoms with van der Waals surface area (Å²) >= 11 is 0. The highest BCUT2D eigenvalue weighted by atomic mass is 16.5. The van der Waals surface area contributed by atoms with Crippen molar-refractivity contribution in [2.45, 2.75) is 0 Å². The number of carbonyl (C=O) groups excluding carboxylic acids is 3. The number of amides is 3. The van der Waals surface area contributed by atoms with Gasteiger partial charge in [-0.1, -0.05) is 0 Å². The SMILES string of the molecule is COc1ccc(NC(=O)C2C(=O)N(c3ccc(OC)cc3)C(=O)/C2=N/N=C(N)N)cc1. The first-order valence-electron chi connectivity index (χ1n) is 8.99. The van der Waals surface area contributed by atoms with E-state index in [-0.39, 0.29) is 5.69 Å². The molecule has 1 aliphatic rings. The predicted octanol–water partition coefficient (Wildman–Crippen LogP) is 0.461. The number of ether oxygens (including phenoxy) is 2. The maximum Gasteiger partial charge on any atom is 0.282 e. The van der Waals surface area contributed by atoms with Gasteiger partial charge in [-0.3, -0.25) is 14.4 Å². The highest BCUT2D eigenvalue weighted by Gasteiger charge is 2.50. The van der Waals surface area contributed by atoms with Gasteiger partial charge in [0.15, 0.2) is 11.6 Å². The largest absolute Gasteiger partial charge is 0.497 e. The molecule has 1 saturated heterocycles. The molecule has 0 saturated carbocycles. The summed E-state index contributed by atoms with van der Waals surface area (Å²) < 4.78 is 10.2. The lowest BCUT2D eigenvalue weighted by Gasteiger charge is -2.14. The third-order valence-corrected chi connectivity index (χ3v) is 4.39. The van der Waals surface area contributed by atoms with Gasteiger partial charge in [-0.15, -0.1) is 10.2 Å². The van der Waals surface area contributed by atoms with Crippen LogP contribution in [0, 0.1) is 5.92 Å². The fraction of sp³-hybridized carbons (Fsp3) is 0.150. The van der Waals surface area contributed by atoms with Crippen molar-refractivity contribution in [1.29, 1.82) is 0 Å². The van der Waals surface area contributed by atoms with Crippen molar-refractivity contribution in [3.05, 3.63) is 48.5 Å². The van der Waals surface area contributed by atoms with Crippen LogP contribution in [0.1, 0.15) is 0 Å². The van der Waals surface area contributed by atoms with Crippen LogP contribution in [0.5, 0.6) is 11.5 Å². The Morgan fingerprint density at radius 2 is 1.52 bits per heavy atom. The number of nitrogens with two attached hydrogens (primary N) is 2. The molecule has 1 aliphatic heterocycles. The Hall–Kier alpha value is -4.41. The minimum atomic E-state index is -1.54. The van der Waals surface area contributed by atoms with E-state index in [4.69, 9.17) is 20.9 Å². The van der Waals surface area contributed by atoms with Gasteiger partial charge in [0.05, 0.1) is 19.9 Å².